The monoisotopic (exact) mass is 286 g/mol. The van der Waals surface area contributed by atoms with Crippen molar-refractivity contribution >= 4 is 17.6 Å². The van der Waals surface area contributed by atoms with Crippen molar-refractivity contribution in [3.05, 3.63) is 46.3 Å². The molecule has 5 heteroatoms. The maximum atomic E-state index is 7.68. The fraction of sp³-hybridized carbons (Fsp3) is 0.267. The molecule has 20 heavy (non-hydrogen) atoms. The minimum absolute atomic E-state index is 0.0664. The van der Waals surface area contributed by atoms with Crippen molar-refractivity contribution in [2.45, 2.75) is 37.7 Å². The van der Waals surface area contributed by atoms with Gasteiger partial charge in [-0.1, -0.05) is 18.2 Å². The van der Waals surface area contributed by atoms with Crippen LogP contribution in [0.4, 0.5) is 0 Å². The standard InChI is InChI=1S/C15H18N4S/c1-8-6-5-7-12(14(16)17)13(8)20-15-18-10(3)9(2)11(4)19-15/h5-7H,1-4H3,(H3,16,17). The molecule has 0 aliphatic rings. The predicted molar refractivity (Wildman–Crippen MR) is 82.6 cm³/mol. The average Bonchev–Trinajstić information content (AvgIpc) is 2.38. The molecule has 0 fully saturated rings. The summed E-state index contributed by atoms with van der Waals surface area (Å²) in [4.78, 5) is 9.97. The molecule has 2 rings (SSSR count). The summed E-state index contributed by atoms with van der Waals surface area (Å²) < 4.78 is 0. The zero-order valence-electron chi connectivity index (χ0n) is 12.1. The number of hydrogen-bond donors (Lipinski definition) is 2. The van der Waals surface area contributed by atoms with E-state index in [1.807, 2.05) is 45.9 Å². The van der Waals surface area contributed by atoms with Crippen LogP contribution in [0.1, 0.15) is 28.1 Å². The fourth-order valence-electron chi connectivity index (χ4n) is 1.88. The Labute approximate surface area is 123 Å². The number of rotatable bonds is 3. The van der Waals surface area contributed by atoms with Crippen molar-refractivity contribution < 1.29 is 0 Å². The van der Waals surface area contributed by atoms with Gasteiger partial charge in [-0.25, -0.2) is 9.97 Å². The van der Waals surface area contributed by atoms with Crippen molar-refractivity contribution in [2.24, 2.45) is 5.73 Å². The van der Waals surface area contributed by atoms with Crippen molar-refractivity contribution in [3.8, 4) is 0 Å². The normalized spacial score (nSPS) is 10.6. The van der Waals surface area contributed by atoms with Crippen molar-refractivity contribution in [2.75, 3.05) is 0 Å². The van der Waals surface area contributed by atoms with Gasteiger partial charge in [0.1, 0.15) is 5.84 Å². The second-order valence-corrected chi connectivity index (χ2v) is 5.75. The first kappa shape index (κ1) is 14.5. The summed E-state index contributed by atoms with van der Waals surface area (Å²) in [6.45, 7) is 7.99. The maximum Gasteiger partial charge on any atom is 0.192 e. The Morgan fingerprint density at radius 1 is 1.10 bits per heavy atom. The van der Waals surface area contributed by atoms with Crippen molar-refractivity contribution in [3.63, 3.8) is 0 Å². The number of benzene rings is 1. The second-order valence-electron chi connectivity index (χ2n) is 4.77. The molecule has 0 aliphatic heterocycles. The topological polar surface area (TPSA) is 75.7 Å². The van der Waals surface area contributed by atoms with Gasteiger partial charge in [0.2, 0.25) is 0 Å². The number of nitrogens with zero attached hydrogens (tertiary/aromatic N) is 2. The largest absolute Gasteiger partial charge is 0.384 e. The van der Waals surface area contributed by atoms with E-state index in [1.54, 1.807) is 0 Å². The van der Waals surface area contributed by atoms with Gasteiger partial charge in [-0.2, -0.15) is 0 Å². The molecule has 0 saturated carbocycles. The van der Waals surface area contributed by atoms with E-state index in [0.717, 1.165) is 33.0 Å². The van der Waals surface area contributed by atoms with Crippen LogP contribution in [0.25, 0.3) is 0 Å². The number of nitrogens with one attached hydrogen (secondary N) is 1. The lowest BCUT2D eigenvalue weighted by Gasteiger charge is -2.11. The molecule has 0 spiro atoms. The first-order valence-corrected chi connectivity index (χ1v) is 7.15. The number of nitrogen functional groups attached to an aromatic ring is 1. The quantitative estimate of drug-likeness (QED) is 0.516. The van der Waals surface area contributed by atoms with E-state index in [9.17, 15) is 0 Å². The Morgan fingerprint density at radius 2 is 1.70 bits per heavy atom. The minimum atomic E-state index is 0.0664. The molecular weight excluding hydrogens is 268 g/mol. The molecule has 0 aliphatic carbocycles. The number of nitrogens with two attached hydrogens (primary N) is 1. The van der Waals surface area contributed by atoms with Crippen molar-refractivity contribution in [1.82, 2.24) is 9.97 Å². The third-order valence-corrected chi connectivity index (χ3v) is 4.42. The highest BCUT2D eigenvalue weighted by atomic mass is 32.2. The van der Waals surface area contributed by atoms with Crippen LogP contribution < -0.4 is 5.73 Å². The van der Waals surface area contributed by atoms with Gasteiger partial charge in [0.25, 0.3) is 0 Å². The molecule has 0 unspecified atom stereocenters. The molecule has 0 amide bonds. The molecule has 0 atom stereocenters. The lowest BCUT2D eigenvalue weighted by atomic mass is 10.1. The van der Waals surface area contributed by atoms with Crippen LogP contribution in [0.3, 0.4) is 0 Å². The van der Waals surface area contributed by atoms with Gasteiger partial charge >= 0.3 is 0 Å². The first-order chi connectivity index (χ1) is 9.40. The Kier molecular flexibility index (Phi) is 4.09. The van der Waals surface area contributed by atoms with Gasteiger partial charge in [-0.15, -0.1) is 0 Å². The second kappa shape index (κ2) is 5.63. The van der Waals surface area contributed by atoms with E-state index in [1.165, 1.54) is 11.8 Å². The summed E-state index contributed by atoms with van der Waals surface area (Å²) in [6.07, 6.45) is 0. The summed E-state index contributed by atoms with van der Waals surface area (Å²) in [5.74, 6) is 0.0664. The minimum Gasteiger partial charge on any atom is -0.384 e. The molecule has 1 heterocycles. The van der Waals surface area contributed by atoms with Crippen LogP contribution >= 0.6 is 11.8 Å². The van der Waals surface area contributed by atoms with Crippen LogP contribution in [-0.4, -0.2) is 15.8 Å². The summed E-state index contributed by atoms with van der Waals surface area (Å²) in [5, 5.41) is 8.38. The predicted octanol–water partition coefficient (Wildman–Crippen LogP) is 3.15. The lowest BCUT2D eigenvalue weighted by Crippen LogP contribution is -2.13. The highest BCUT2D eigenvalue weighted by molar-refractivity contribution is 7.99. The summed E-state index contributed by atoms with van der Waals surface area (Å²) in [6, 6.07) is 5.76. The van der Waals surface area contributed by atoms with E-state index in [-0.39, 0.29) is 5.84 Å². The molecule has 3 N–H and O–H groups in total. The molecule has 104 valence electrons. The number of amidine groups is 1. The van der Waals surface area contributed by atoms with Gasteiger partial charge in [0.15, 0.2) is 5.16 Å². The van der Waals surface area contributed by atoms with E-state index in [0.29, 0.717) is 5.16 Å². The van der Waals surface area contributed by atoms with E-state index in [4.69, 9.17) is 11.1 Å². The highest BCUT2D eigenvalue weighted by Gasteiger charge is 2.13. The third kappa shape index (κ3) is 2.82. The molecule has 1 aromatic heterocycles. The van der Waals surface area contributed by atoms with Crippen LogP contribution in [0.15, 0.2) is 28.3 Å². The van der Waals surface area contributed by atoms with E-state index in [2.05, 4.69) is 9.97 Å². The third-order valence-electron chi connectivity index (χ3n) is 3.31. The van der Waals surface area contributed by atoms with Crippen LogP contribution in [-0.2, 0) is 0 Å². The fourth-order valence-corrected chi connectivity index (χ4v) is 2.94. The summed E-state index contributed by atoms with van der Waals surface area (Å²) >= 11 is 1.46. The molecule has 2 aromatic rings. The summed E-state index contributed by atoms with van der Waals surface area (Å²) in [7, 11) is 0. The Balaban J connectivity index is 2.47. The average molecular weight is 286 g/mol. The van der Waals surface area contributed by atoms with Crippen molar-refractivity contribution in [1.29, 1.82) is 5.41 Å². The molecule has 1 aromatic carbocycles. The zero-order valence-corrected chi connectivity index (χ0v) is 12.9. The molecule has 0 saturated heterocycles. The molecule has 0 radical (unpaired) electrons. The first-order valence-electron chi connectivity index (χ1n) is 6.34. The van der Waals surface area contributed by atoms with E-state index < -0.39 is 0 Å². The molecule has 0 bridgehead atoms. The number of aryl methyl sites for hydroxylation is 3. The smallest absolute Gasteiger partial charge is 0.192 e. The SMILES string of the molecule is Cc1cccc(C(=N)N)c1Sc1nc(C)c(C)c(C)n1. The zero-order chi connectivity index (χ0) is 14.9. The Morgan fingerprint density at radius 3 is 2.25 bits per heavy atom. The van der Waals surface area contributed by atoms with Gasteiger partial charge in [0, 0.05) is 21.8 Å². The Hall–Kier alpha value is -1.88. The maximum absolute atomic E-state index is 7.68. The van der Waals surface area contributed by atoms with Crippen LogP contribution in [0.2, 0.25) is 0 Å². The highest BCUT2D eigenvalue weighted by Crippen LogP contribution is 2.31. The van der Waals surface area contributed by atoms with Gasteiger partial charge in [-0.3, -0.25) is 5.41 Å². The lowest BCUT2D eigenvalue weighted by molar-refractivity contribution is 0.880. The summed E-state index contributed by atoms with van der Waals surface area (Å²) in [5.41, 5.74) is 10.5. The molecular formula is C15H18N4S. The van der Waals surface area contributed by atoms with Gasteiger partial charge in [-0.05, 0) is 50.6 Å². The van der Waals surface area contributed by atoms with E-state index >= 15 is 0 Å². The van der Waals surface area contributed by atoms with Crippen LogP contribution in [0, 0.1) is 33.1 Å². The van der Waals surface area contributed by atoms with Gasteiger partial charge < -0.3 is 5.73 Å². The number of hydrogen-bond acceptors (Lipinski definition) is 4. The number of aromatic nitrogens is 2. The van der Waals surface area contributed by atoms with Gasteiger partial charge in [0.05, 0.1) is 0 Å². The van der Waals surface area contributed by atoms with Crippen LogP contribution in [0.5, 0.6) is 0 Å². The molecule has 4 nitrogen and oxygen atoms in total. The Bertz CT molecular complexity index is 657.